The van der Waals surface area contributed by atoms with E-state index in [4.69, 9.17) is 10.5 Å². The number of alkyl halides is 1. The number of hydrogen-bond donors (Lipinski definition) is 2. The summed E-state index contributed by atoms with van der Waals surface area (Å²) in [5, 5.41) is 2.65. The number of ether oxygens (including phenoxy) is 1. The third-order valence-corrected chi connectivity index (χ3v) is 4.59. The molecule has 1 atom stereocenters. The van der Waals surface area contributed by atoms with Crippen molar-refractivity contribution in [2.75, 3.05) is 25.2 Å². The minimum Gasteiger partial charge on any atom is -0.385 e. The molecule has 0 bridgehead atoms. The number of aryl methyl sites for hydroxylation is 1. The zero-order valence-electron chi connectivity index (χ0n) is 14.8. The van der Waals surface area contributed by atoms with E-state index in [1.165, 1.54) is 18.3 Å². The van der Waals surface area contributed by atoms with Gasteiger partial charge in [0.2, 0.25) is 0 Å². The van der Waals surface area contributed by atoms with Crippen molar-refractivity contribution in [1.29, 1.82) is 0 Å². The first-order valence-corrected chi connectivity index (χ1v) is 8.85. The van der Waals surface area contributed by atoms with Crippen LogP contribution in [0, 0.1) is 12.7 Å². The molecule has 2 aromatic rings. The Hall–Kier alpha value is -2.10. The van der Waals surface area contributed by atoms with E-state index in [1.807, 2.05) is 0 Å². The van der Waals surface area contributed by atoms with Crippen molar-refractivity contribution in [3.05, 3.63) is 57.6 Å². The maximum atomic E-state index is 14.4. The smallest absolute Gasteiger partial charge is 0.274 e. The van der Waals surface area contributed by atoms with E-state index in [2.05, 4.69) is 31.2 Å². The Kier molecular flexibility index (Phi) is 7.08. The Morgan fingerprint density at radius 2 is 2.18 bits per heavy atom. The van der Waals surface area contributed by atoms with Crippen molar-refractivity contribution in [2.45, 2.75) is 12.5 Å². The molecule has 150 valence electrons. The Labute approximate surface area is 175 Å². The van der Waals surface area contributed by atoms with Crippen molar-refractivity contribution in [2.24, 2.45) is 10.7 Å². The molecule has 0 saturated heterocycles. The van der Waals surface area contributed by atoms with Crippen molar-refractivity contribution in [1.82, 2.24) is 4.98 Å². The van der Waals surface area contributed by atoms with E-state index in [-0.39, 0.29) is 48.4 Å². The maximum absolute atomic E-state index is 14.4. The second-order valence-corrected chi connectivity index (χ2v) is 7.14. The predicted octanol–water partition coefficient (Wildman–Crippen LogP) is 3.52. The molecule has 0 spiro atoms. The highest BCUT2D eigenvalue weighted by Gasteiger charge is 2.38. The van der Waals surface area contributed by atoms with Crippen molar-refractivity contribution in [3.63, 3.8) is 0 Å². The summed E-state index contributed by atoms with van der Waals surface area (Å²) in [6, 6.07) is 5.62. The Bertz CT molecular complexity index is 928. The number of rotatable bonds is 4. The number of amidine groups is 1. The summed E-state index contributed by atoms with van der Waals surface area (Å²) in [4.78, 5) is 20.7. The van der Waals surface area contributed by atoms with Crippen LogP contribution in [0.2, 0.25) is 0 Å². The topological polar surface area (TPSA) is 89.6 Å². The summed E-state index contributed by atoms with van der Waals surface area (Å²) in [5.41, 5.74) is 5.23. The number of nitrogens with one attached hydrogen (secondary N) is 1. The monoisotopic (exact) mass is 474 g/mol. The van der Waals surface area contributed by atoms with Crippen LogP contribution in [0.5, 0.6) is 0 Å². The SMILES string of the molecule is Cc1cc(Br)cnc1C(=O)Nc1ccc(F)c(C2(CF)COCC(N)=N2)c1.Cl. The summed E-state index contributed by atoms with van der Waals surface area (Å²) in [6.07, 6.45) is 1.51. The van der Waals surface area contributed by atoms with Crippen molar-refractivity contribution < 1.29 is 18.3 Å². The van der Waals surface area contributed by atoms with Crippen LogP contribution in [0.1, 0.15) is 21.6 Å². The highest BCUT2D eigenvalue weighted by Crippen LogP contribution is 2.33. The Balaban J connectivity index is 0.00000280. The van der Waals surface area contributed by atoms with Gasteiger partial charge in [0.05, 0.1) is 6.61 Å². The molecule has 1 aromatic carbocycles. The van der Waals surface area contributed by atoms with E-state index in [1.54, 1.807) is 13.0 Å². The molecule has 1 amide bonds. The summed E-state index contributed by atoms with van der Waals surface area (Å²) in [5.74, 6) is -1.04. The van der Waals surface area contributed by atoms with Crippen LogP contribution >= 0.6 is 28.3 Å². The molecule has 2 heterocycles. The lowest BCUT2D eigenvalue weighted by Crippen LogP contribution is -2.42. The lowest BCUT2D eigenvalue weighted by molar-refractivity contribution is 0.0809. The number of carbonyl (C=O) groups excluding carboxylic acids is 1. The quantitative estimate of drug-likeness (QED) is 0.708. The fourth-order valence-electron chi connectivity index (χ4n) is 2.87. The number of hydrogen-bond acceptors (Lipinski definition) is 5. The highest BCUT2D eigenvalue weighted by atomic mass is 79.9. The second kappa shape index (κ2) is 8.93. The van der Waals surface area contributed by atoms with Gasteiger partial charge in [0.25, 0.3) is 5.91 Å². The van der Waals surface area contributed by atoms with Crippen LogP contribution in [-0.2, 0) is 10.3 Å². The fourth-order valence-corrected chi connectivity index (χ4v) is 3.32. The molecule has 10 heteroatoms. The van der Waals surface area contributed by atoms with Gasteiger partial charge in [0.15, 0.2) is 0 Å². The molecule has 0 saturated carbocycles. The Morgan fingerprint density at radius 3 is 2.82 bits per heavy atom. The van der Waals surface area contributed by atoms with E-state index >= 15 is 0 Å². The van der Waals surface area contributed by atoms with Crippen LogP contribution in [0.15, 0.2) is 39.9 Å². The molecule has 0 radical (unpaired) electrons. The minimum atomic E-state index is -1.57. The van der Waals surface area contributed by atoms with Gasteiger partial charge in [-0.2, -0.15) is 0 Å². The second-order valence-electron chi connectivity index (χ2n) is 6.23. The fraction of sp³-hybridized carbons (Fsp3) is 0.278. The van der Waals surface area contributed by atoms with Crippen LogP contribution in [0.4, 0.5) is 14.5 Å². The summed E-state index contributed by atoms with van der Waals surface area (Å²) >= 11 is 3.29. The van der Waals surface area contributed by atoms with E-state index in [9.17, 15) is 13.6 Å². The number of amides is 1. The van der Waals surface area contributed by atoms with Crippen LogP contribution < -0.4 is 11.1 Å². The molecule has 3 N–H and O–H groups in total. The average molecular weight is 476 g/mol. The number of halogens is 4. The first-order valence-electron chi connectivity index (χ1n) is 8.06. The number of benzene rings is 1. The minimum absolute atomic E-state index is 0. The molecule has 3 rings (SSSR count). The number of nitrogens with two attached hydrogens (primary N) is 1. The molecule has 1 aromatic heterocycles. The average Bonchev–Trinajstić information content (AvgIpc) is 2.63. The first kappa shape index (κ1) is 22.2. The normalized spacial score (nSPS) is 18.8. The van der Waals surface area contributed by atoms with E-state index in [0.717, 1.165) is 10.5 Å². The molecule has 28 heavy (non-hydrogen) atoms. The number of aromatic nitrogens is 1. The zero-order chi connectivity index (χ0) is 19.6. The molecule has 6 nitrogen and oxygen atoms in total. The first-order chi connectivity index (χ1) is 12.8. The maximum Gasteiger partial charge on any atom is 0.274 e. The molecule has 1 aliphatic heterocycles. The number of carbonyl (C=O) groups is 1. The lowest BCUT2D eigenvalue weighted by atomic mass is 9.91. The number of anilines is 1. The van der Waals surface area contributed by atoms with Gasteiger partial charge in [-0.05, 0) is 52.7 Å². The van der Waals surface area contributed by atoms with Crippen LogP contribution in [0.25, 0.3) is 0 Å². The van der Waals surface area contributed by atoms with Gasteiger partial charge in [-0.25, -0.2) is 13.8 Å². The van der Waals surface area contributed by atoms with Gasteiger partial charge in [-0.15, -0.1) is 12.4 Å². The molecule has 1 unspecified atom stereocenters. The van der Waals surface area contributed by atoms with Crippen LogP contribution in [-0.4, -0.2) is 36.6 Å². The molecule has 1 aliphatic rings. The Morgan fingerprint density at radius 1 is 1.43 bits per heavy atom. The van der Waals surface area contributed by atoms with Gasteiger partial charge in [-0.1, -0.05) is 0 Å². The van der Waals surface area contributed by atoms with Gasteiger partial charge >= 0.3 is 0 Å². The highest BCUT2D eigenvalue weighted by molar-refractivity contribution is 9.10. The molecular weight excluding hydrogens is 458 g/mol. The third kappa shape index (κ3) is 4.48. The van der Waals surface area contributed by atoms with Gasteiger partial charge in [0.1, 0.15) is 36.2 Å². The predicted molar refractivity (Wildman–Crippen MR) is 108 cm³/mol. The van der Waals surface area contributed by atoms with Crippen molar-refractivity contribution in [3.8, 4) is 0 Å². The van der Waals surface area contributed by atoms with Gasteiger partial charge in [0, 0.05) is 21.9 Å². The summed E-state index contributed by atoms with van der Waals surface area (Å²) in [6.45, 7) is 0.674. The number of aliphatic imine (C=N–C) groups is 1. The van der Waals surface area contributed by atoms with Gasteiger partial charge < -0.3 is 15.8 Å². The van der Waals surface area contributed by atoms with E-state index in [0.29, 0.717) is 5.56 Å². The standard InChI is InChI=1S/C18H17BrF2N4O2.ClH/c1-10-4-11(19)6-23-16(10)17(26)24-12-2-3-14(21)13(5-12)18(8-20)9-27-7-15(22)25-18;/h2-6H,7-9H2,1H3,(H2,22,25)(H,24,26);1H. The van der Waals surface area contributed by atoms with E-state index < -0.39 is 23.9 Å². The van der Waals surface area contributed by atoms with Gasteiger partial charge in [-0.3, -0.25) is 9.79 Å². The molecule has 0 aliphatic carbocycles. The third-order valence-electron chi connectivity index (χ3n) is 4.16. The van der Waals surface area contributed by atoms with Crippen molar-refractivity contribution >= 4 is 45.8 Å². The number of nitrogens with zero attached hydrogens (tertiary/aromatic N) is 2. The number of pyridine rings is 1. The van der Waals surface area contributed by atoms with Crippen LogP contribution in [0.3, 0.4) is 0 Å². The largest absolute Gasteiger partial charge is 0.385 e. The summed E-state index contributed by atoms with van der Waals surface area (Å²) < 4.78 is 34.2. The molecule has 0 fully saturated rings. The molecular formula is C18H18BrClF2N4O2. The zero-order valence-corrected chi connectivity index (χ0v) is 17.2. The lowest BCUT2D eigenvalue weighted by Gasteiger charge is -2.31. The summed E-state index contributed by atoms with van der Waals surface area (Å²) in [7, 11) is 0.